The lowest BCUT2D eigenvalue weighted by atomic mass is 9.95. The molecular weight excluding hydrogens is 416 g/mol. The van der Waals surface area contributed by atoms with Gasteiger partial charge in [0.05, 0.1) is 18.2 Å². The van der Waals surface area contributed by atoms with E-state index in [1.165, 1.54) is 0 Å². The van der Waals surface area contributed by atoms with Gasteiger partial charge in [-0.25, -0.2) is 0 Å². The third kappa shape index (κ3) is 5.63. The van der Waals surface area contributed by atoms with Crippen molar-refractivity contribution in [1.82, 2.24) is 9.80 Å². The van der Waals surface area contributed by atoms with Gasteiger partial charge >= 0.3 is 0 Å². The summed E-state index contributed by atoms with van der Waals surface area (Å²) in [5.41, 5.74) is 1.41. The average Bonchev–Trinajstić information content (AvgIpc) is 3.08. The van der Waals surface area contributed by atoms with Crippen LogP contribution in [-0.2, 0) is 9.59 Å². The molecule has 1 aliphatic heterocycles. The molecule has 0 saturated carbocycles. The number of likely N-dealkylation sites (N-methyl/N-ethyl adjacent to an activating group) is 1. The van der Waals surface area contributed by atoms with E-state index in [2.05, 4.69) is 32.6 Å². The van der Waals surface area contributed by atoms with E-state index in [9.17, 15) is 14.7 Å². The van der Waals surface area contributed by atoms with Crippen molar-refractivity contribution in [2.45, 2.75) is 33.7 Å². The van der Waals surface area contributed by atoms with Crippen LogP contribution in [0.15, 0.2) is 60.2 Å². The minimum absolute atomic E-state index is 0.126. The highest BCUT2D eigenvalue weighted by Crippen LogP contribution is 2.39. The van der Waals surface area contributed by atoms with Gasteiger partial charge in [-0.1, -0.05) is 58.0 Å². The fourth-order valence-corrected chi connectivity index (χ4v) is 4.01. The highest BCUT2D eigenvalue weighted by Gasteiger charge is 2.45. The van der Waals surface area contributed by atoms with E-state index in [0.29, 0.717) is 36.9 Å². The minimum atomic E-state index is -0.652. The molecule has 1 unspecified atom stereocenters. The predicted molar refractivity (Wildman–Crippen MR) is 130 cm³/mol. The topological polar surface area (TPSA) is 70.1 Å². The summed E-state index contributed by atoms with van der Waals surface area (Å²) in [6.45, 7) is 11.7. The van der Waals surface area contributed by atoms with Crippen molar-refractivity contribution >= 4 is 17.4 Å². The van der Waals surface area contributed by atoms with Crippen LogP contribution < -0.4 is 4.74 Å². The molecule has 1 aliphatic rings. The number of amides is 1. The summed E-state index contributed by atoms with van der Waals surface area (Å²) in [5, 5.41) is 11.2. The van der Waals surface area contributed by atoms with Gasteiger partial charge < -0.3 is 19.6 Å². The van der Waals surface area contributed by atoms with E-state index in [-0.39, 0.29) is 11.3 Å². The van der Waals surface area contributed by atoms with Crippen molar-refractivity contribution in [1.29, 1.82) is 0 Å². The molecule has 176 valence electrons. The van der Waals surface area contributed by atoms with Gasteiger partial charge in [0.25, 0.3) is 11.7 Å². The summed E-state index contributed by atoms with van der Waals surface area (Å²) in [6.07, 6.45) is 0. The van der Waals surface area contributed by atoms with Gasteiger partial charge in [-0.05, 0) is 48.8 Å². The van der Waals surface area contributed by atoms with Crippen LogP contribution in [0.1, 0.15) is 44.9 Å². The van der Waals surface area contributed by atoms with Gasteiger partial charge in [-0.15, -0.1) is 0 Å². The van der Waals surface area contributed by atoms with Crippen molar-refractivity contribution in [2.24, 2.45) is 5.92 Å². The fraction of sp³-hybridized carbons (Fsp3) is 0.407. The summed E-state index contributed by atoms with van der Waals surface area (Å²) >= 11 is 0. The molecule has 1 heterocycles. The van der Waals surface area contributed by atoms with Crippen LogP contribution in [0.25, 0.3) is 5.76 Å². The maximum Gasteiger partial charge on any atom is 0.295 e. The summed E-state index contributed by atoms with van der Waals surface area (Å²) in [6, 6.07) is 15.8. The smallest absolute Gasteiger partial charge is 0.295 e. The molecule has 3 rings (SSSR count). The van der Waals surface area contributed by atoms with Gasteiger partial charge in [0.2, 0.25) is 0 Å². The number of carbonyl (C=O) groups excluding carboxylic acids is 2. The number of aliphatic hydroxyl groups is 1. The first-order valence-electron chi connectivity index (χ1n) is 11.7. The van der Waals surface area contributed by atoms with Crippen LogP contribution in [0.5, 0.6) is 5.75 Å². The highest BCUT2D eigenvalue weighted by atomic mass is 16.5. The monoisotopic (exact) mass is 450 g/mol. The molecule has 6 heteroatoms. The van der Waals surface area contributed by atoms with Gasteiger partial charge in [-0.3, -0.25) is 9.59 Å². The second kappa shape index (κ2) is 11.1. The number of nitrogens with zero attached hydrogens (tertiary/aromatic N) is 2. The van der Waals surface area contributed by atoms with Gasteiger partial charge in [0.1, 0.15) is 11.5 Å². The Morgan fingerprint density at radius 3 is 2.24 bits per heavy atom. The molecule has 1 fully saturated rings. The number of carbonyl (C=O) groups is 2. The molecule has 0 radical (unpaired) electrons. The molecule has 2 aromatic rings. The lowest BCUT2D eigenvalue weighted by Crippen LogP contribution is -2.38. The number of ketones is 1. The predicted octanol–water partition coefficient (Wildman–Crippen LogP) is 4.48. The van der Waals surface area contributed by atoms with Crippen molar-refractivity contribution in [3.05, 3.63) is 71.3 Å². The van der Waals surface area contributed by atoms with E-state index in [1.807, 2.05) is 30.3 Å². The molecule has 2 aromatic carbocycles. The maximum absolute atomic E-state index is 13.1. The third-order valence-electron chi connectivity index (χ3n) is 5.92. The van der Waals surface area contributed by atoms with Crippen LogP contribution >= 0.6 is 0 Å². The van der Waals surface area contributed by atoms with Crippen LogP contribution in [0.3, 0.4) is 0 Å². The zero-order chi connectivity index (χ0) is 24.0. The standard InChI is InChI=1S/C27H34N2O4/c1-5-28(6-2)16-17-29-24(20-10-8-7-9-11-20)23(26(31)27(29)32)25(30)21-12-14-22(15-13-21)33-18-19(3)4/h7-15,19,24,30H,5-6,16-18H2,1-4H3. The summed E-state index contributed by atoms with van der Waals surface area (Å²) in [7, 11) is 0. The van der Waals surface area contributed by atoms with Gasteiger partial charge in [0, 0.05) is 18.7 Å². The number of ether oxygens (including phenoxy) is 1. The van der Waals surface area contributed by atoms with Crippen molar-refractivity contribution in [2.75, 3.05) is 32.8 Å². The number of benzene rings is 2. The van der Waals surface area contributed by atoms with E-state index in [1.54, 1.807) is 29.2 Å². The van der Waals surface area contributed by atoms with Crippen molar-refractivity contribution < 1.29 is 19.4 Å². The lowest BCUT2D eigenvalue weighted by molar-refractivity contribution is -0.140. The average molecular weight is 451 g/mol. The lowest BCUT2D eigenvalue weighted by Gasteiger charge is -2.28. The highest BCUT2D eigenvalue weighted by molar-refractivity contribution is 6.46. The Kier molecular flexibility index (Phi) is 8.28. The summed E-state index contributed by atoms with van der Waals surface area (Å²) < 4.78 is 5.72. The zero-order valence-electron chi connectivity index (χ0n) is 20.0. The van der Waals surface area contributed by atoms with Crippen molar-refractivity contribution in [3.63, 3.8) is 0 Å². The molecule has 1 saturated heterocycles. The maximum atomic E-state index is 13.1. The SMILES string of the molecule is CCN(CC)CCN1C(=O)C(=O)C(=C(O)c2ccc(OCC(C)C)cc2)C1c1ccccc1. The molecule has 1 N–H and O–H groups in total. The van der Waals surface area contributed by atoms with Gasteiger partial charge in [-0.2, -0.15) is 0 Å². The summed E-state index contributed by atoms with van der Waals surface area (Å²) in [5.74, 6) is -0.297. The van der Waals surface area contributed by atoms with E-state index >= 15 is 0 Å². The Bertz CT molecular complexity index is 979. The minimum Gasteiger partial charge on any atom is -0.507 e. The van der Waals surface area contributed by atoms with E-state index in [0.717, 1.165) is 18.7 Å². The Morgan fingerprint density at radius 2 is 1.67 bits per heavy atom. The Labute approximate surface area is 196 Å². The second-order valence-corrected chi connectivity index (χ2v) is 8.66. The van der Waals surface area contributed by atoms with Crippen LogP contribution in [0.4, 0.5) is 0 Å². The number of hydrogen-bond donors (Lipinski definition) is 1. The molecule has 6 nitrogen and oxygen atoms in total. The Hall–Kier alpha value is -3.12. The molecule has 33 heavy (non-hydrogen) atoms. The van der Waals surface area contributed by atoms with Gasteiger partial charge in [0.15, 0.2) is 0 Å². The van der Waals surface area contributed by atoms with Crippen molar-refractivity contribution in [3.8, 4) is 5.75 Å². The summed E-state index contributed by atoms with van der Waals surface area (Å²) in [4.78, 5) is 29.9. The second-order valence-electron chi connectivity index (χ2n) is 8.66. The number of rotatable bonds is 10. The number of aliphatic hydroxyl groups excluding tert-OH is 1. The normalized spacial score (nSPS) is 17.9. The van der Waals surface area contributed by atoms with Crippen LogP contribution in [0.2, 0.25) is 0 Å². The molecule has 0 aromatic heterocycles. The third-order valence-corrected chi connectivity index (χ3v) is 5.92. The number of hydrogen-bond acceptors (Lipinski definition) is 5. The zero-order valence-corrected chi connectivity index (χ0v) is 20.0. The first-order chi connectivity index (χ1) is 15.9. The molecule has 0 spiro atoms. The molecular formula is C27H34N2O4. The quantitative estimate of drug-likeness (QED) is 0.328. The van der Waals surface area contributed by atoms with E-state index < -0.39 is 17.7 Å². The first kappa shape index (κ1) is 24.5. The largest absolute Gasteiger partial charge is 0.507 e. The fourth-order valence-electron chi connectivity index (χ4n) is 4.01. The first-order valence-corrected chi connectivity index (χ1v) is 11.7. The molecule has 1 atom stereocenters. The molecule has 0 aliphatic carbocycles. The van der Waals surface area contributed by atoms with E-state index in [4.69, 9.17) is 4.74 Å². The number of likely N-dealkylation sites (tertiary alicyclic amines) is 1. The molecule has 1 amide bonds. The number of Topliss-reactive ketones (excluding diaryl/α,β-unsaturated/α-hetero) is 1. The van der Waals surface area contributed by atoms with Crippen LogP contribution in [0, 0.1) is 5.92 Å². The Morgan fingerprint density at radius 1 is 1.03 bits per heavy atom. The Balaban J connectivity index is 1.98. The molecule has 0 bridgehead atoms. The van der Waals surface area contributed by atoms with Crippen LogP contribution in [-0.4, -0.2) is 59.4 Å².